The maximum atomic E-state index is 10.2. The first kappa shape index (κ1) is 25.1. The van der Waals surface area contributed by atoms with Gasteiger partial charge in [-0.05, 0) is 93.8 Å². The molecule has 0 spiro atoms. The van der Waals surface area contributed by atoms with Gasteiger partial charge in [0.05, 0.1) is 11.5 Å². The molecule has 0 radical (unpaired) electrons. The summed E-state index contributed by atoms with van der Waals surface area (Å²) >= 11 is 0. The first-order chi connectivity index (χ1) is 15.2. The number of hydrogen-bond donors (Lipinski definition) is 0. The van der Waals surface area contributed by atoms with Crippen LogP contribution < -0.4 is 0 Å². The molecule has 0 aromatic rings. The van der Waals surface area contributed by atoms with Gasteiger partial charge in [-0.15, -0.1) is 0 Å². The quantitative estimate of drug-likeness (QED) is 0.301. The number of hydrogen-bond acceptors (Lipinski definition) is 1. The summed E-state index contributed by atoms with van der Waals surface area (Å²) in [6, 6.07) is 2.91. The van der Waals surface area contributed by atoms with Crippen LogP contribution >= 0.6 is 0 Å². The van der Waals surface area contributed by atoms with Gasteiger partial charge in [0.1, 0.15) is 0 Å². The molecule has 0 saturated heterocycles. The van der Waals surface area contributed by atoms with E-state index in [1.54, 1.807) is 0 Å². The Balaban J connectivity index is 1.37. The average Bonchev–Trinajstić information content (AvgIpc) is 2.83. The van der Waals surface area contributed by atoms with Crippen LogP contribution in [-0.2, 0) is 0 Å². The largest absolute Gasteiger partial charge is 0.198 e. The Labute approximate surface area is 195 Å². The van der Waals surface area contributed by atoms with E-state index in [1.807, 2.05) is 0 Å². The zero-order valence-electron chi connectivity index (χ0n) is 21.2. The topological polar surface area (TPSA) is 23.8 Å². The zero-order chi connectivity index (χ0) is 21.9. The summed E-state index contributed by atoms with van der Waals surface area (Å²) in [6.45, 7) is 4.63. The maximum absolute atomic E-state index is 10.2. The van der Waals surface area contributed by atoms with Crippen molar-refractivity contribution in [3.05, 3.63) is 0 Å². The second-order valence-corrected chi connectivity index (χ2v) is 11.9. The van der Waals surface area contributed by atoms with Crippen molar-refractivity contribution in [2.45, 2.75) is 149 Å². The Morgan fingerprint density at radius 1 is 0.613 bits per heavy atom. The third kappa shape index (κ3) is 7.24. The molecule has 0 aliphatic heterocycles. The number of rotatable bonds is 11. The van der Waals surface area contributed by atoms with Gasteiger partial charge in [-0.2, -0.15) is 5.26 Å². The number of unbranched alkanes of at least 4 members (excludes halogenated alkanes) is 5. The second kappa shape index (κ2) is 13.3. The molecule has 1 heteroatoms. The average molecular weight is 428 g/mol. The van der Waals surface area contributed by atoms with Gasteiger partial charge in [0.2, 0.25) is 0 Å². The highest BCUT2D eigenvalue weighted by molar-refractivity contribution is 5.06. The first-order valence-corrected chi connectivity index (χ1v) is 14.6. The SMILES string of the molecule is CCCCCCC[C@H]1CC[C@@](C#N)([C@H]2CC[C@@H]([C@H]3CC[C@H](CCCC)CC3)CC2)CC1. The van der Waals surface area contributed by atoms with Crippen LogP contribution in [0.15, 0.2) is 0 Å². The van der Waals surface area contributed by atoms with E-state index in [0.717, 1.165) is 23.7 Å². The monoisotopic (exact) mass is 427 g/mol. The van der Waals surface area contributed by atoms with Crippen LogP contribution in [-0.4, -0.2) is 0 Å². The molecule has 3 fully saturated rings. The molecule has 3 rings (SSSR count). The van der Waals surface area contributed by atoms with E-state index in [4.69, 9.17) is 0 Å². The molecule has 1 nitrogen and oxygen atoms in total. The van der Waals surface area contributed by atoms with E-state index < -0.39 is 0 Å². The molecule has 31 heavy (non-hydrogen) atoms. The Bertz CT molecular complexity index is 507. The fourth-order valence-corrected chi connectivity index (χ4v) is 7.71. The van der Waals surface area contributed by atoms with Crippen LogP contribution in [0.5, 0.6) is 0 Å². The van der Waals surface area contributed by atoms with E-state index in [0.29, 0.717) is 5.92 Å². The summed E-state index contributed by atoms with van der Waals surface area (Å²) in [5.41, 5.74) is 0.0431. The van der Waals surface area contributed by atoms with Crippen LogP contribution in [0.4, 0.5) is 0 Å². The molecule has 0 atom stereocenters. The maximum Gasteiger partial charge on any atom is 0.0692 e. The third-order valence-corrected chi connectivity index (χ3v) is 10.0. The lowest BCUT2D eigenvalue weighted by Gasteiger charge is -2.45. The molecule has 0 heterocycles. The number of nitriles is 1. The van der Waals surface area contributed by atoms with Crippen molar-refractivity contribution in [1.29, 1.82) is 5.26 Å². The number of nitrogens with zero attached hydrogens (tertiary/aromatic N) is 1. The van der Waals surface area contributed by atoms with Crippen LogP contribution in [0.2, 0.25) is 0 Å². The summed E-state index contributed by atoms with van der Waals surface area (Å²) in [5, 5.41) is 10.2. The highest BCUT2D eigenvalue weighted by Crippen LogP contribution is 2.52. The predicted molar refractivity (Wildman–Crippen MR) is 134 cm³/mol. The molecular formula is C30H53N. The van der Waals surface area contributed by atoms with E-state index in [9.17, 15) is 5.26 Å². The Hall–Kier alpha value is -0.510. The highest BCUT2D eigenvalue weighted by Gasteiger charge is 2.44. The van der Waals surface area contributed by atoms with E-state index in [1.165, 1.54) is 135 Å². The third-order valence-electron chi connectivity index (χ3n) is 10.0. The molecule has 0 bridgehead atoms. The van der Waals surface area contributed by atoms with Gasteiger partial charge >= 0.3 is 0 Å². The van der Waals surface area contributed by atoms with Crippen molar-refractivity contribution in [1.82, 2.24) is 0 Å². The molecule has 3 aliphatic rings. The molecule has 0 unspecified atom stereocenters. The fraction of sp³-hybridized carbons (Fsp3) is 0.967. The standard InChI is InChI=1S/C30H53N/c1-3-5-7-8-9-11-26-20-22-30(24-31,23-21-26)29-18-16-28(17-19-29)27-14-12-25(13-15-27)10-6-4-2/h25-29H,3-23H2,1-2H3/t25-,26-,27-,28-,29+,30+. The van der Waals surface area contributed by atoms with Crippen molar-refractivity contribution in [2.24, 2.45) is 35.0 Å². The van der Waals surface area contributed by atoms with Crippen molar-refractivity contribution in [2.75, 3.05) is 0 Å². The van der Waals surface area contributed by atoms with E-state index in [-0.39, 0.29) is 5.41 Å². The highest BCUT2D eigenvalue weighted by atomic mass is 14.5. The summed E-state index contributed by atoms with van der Waals surface area (Å²) in [5.74, 6) is 4.66. The van der Waals surface area contributed by atoms with Crippen LogP contribution in [0.1, 0.15) is 149 Å². The smallest absolute Gasteiger partial charge is 0.0692 e. The van der Waals surface area contributed by atoms with Gasteiger partial charge < -0.3 is 0 Å². The zero-order valence-corrected chi connectivity index (χ0v) is 21.2. The lowest BCUT2D eigenvalue weighted by atomic mass is 9.58. The molecule has 0 aromatic heterocycles. The summed E-state index contributed by atoms with van der Waals surface area (Å²) in [6.07, 6.45) is 29.4. The molecular weight excluding hydrogens is 374 g/mol. The van der Waals surface area contributed by atoms with Gasteiger partial charge in [-0.1, -0.05) is 84.5 Å². The van der Waals surface area contributed by atoms with Gasteiger partial charge in [0.15, 0.2) is 0 Å². The summed E-state index contributed by atoms with van der Waals surface area (Å²) in [7, 11) is 0. The van der Waals surface area contributed by atoms with Crippen molar-refractivity contribution in [3.8, 4) is 6.07 Å². The van der Waals surface area contributed by atoms with Crippen molar-refractivity contribution in [3.63, 3.8) is 0 Å². The lowest BCUT2D eigenvalue weighted by molar-refractivity contribution is 0.0646. The van der Waals surface area contributed by atoms with Crippen molar-refractivity contribution < 1.29 is 0 Å². The normalized spacial score (nSPS) is 36.7. The molecule has 0 amide bonds. The minimum absolute atomic E-state index is 0.0431. The molecule has 0 aromatic carbocycles. The van der Waals surface area contributed by atoms with Gasteiger partial charge in [0, 0.05) is 0 Å². The minimum atomic E-state index is 0.0431. The molecule has 3 aliphatic carbocycles. The predicted octanol–water partition coefficient (Wildman–Crippen LogP) is 9.85. The van der Waals surface area contributed by atoms with Crippen LogP contribution in [0.3, 0.4) is 0 Å². The molecule has 3 saturated carbocycles. The summed E-state index contributed by atoms with van der Waals surface area (Å²) < 4.78 is 0. The van der Waals surface area contributed by atoms with Gasteiger partial charge in [-0.25, -0.2) is 0 Å². The van der Waals surface area contributed by atoms with E-state index in [2.05, 4.69) is 19.9 Å². The fourth-order valence-electron chi connectivity index (χ4n) is 7.71. The Morgan fingerprint density at radius 2 is 1.13 bits per heavy atom. The summed E-state index contributed by atoms with van der Waals surface area (Å²) in [4.78, 5) is 0. The second-order valence-electron chi connectivity index (χ2n) is 11.9. The minimum Gasteiger partial charge on any atom is -0.198 e. The molecule has 178 valence electrons. The van der Waals surface area contributed by atoms with Crippen LogP contribution in [0, 0.1) is 46.3 Å². The van der Waals surface area contributed by atoms with E-state index >= 15 is 0 Å². The molecule has 0 N–H and O–H groups in total. The first-order valence-electron chi connectivity index (χ1n) is 14.6. The van der Waals surface area contributed by atoms with Crippen molar-refractivity contribution >= 4 is 0 Å². The Morgan fingerprint density at radius 3 is 1.71 bits per heavy atom. The van der Waals surface area contributed by atoms with Crippen LogP contribution in [0.25, 0.3) is 0 Å². The Kier molecular flexibility index (Phi) is 10.7. The van der Waals surface area contributed by atoms with Gasteiger partial charge in [0.25, 0.3) is 0 Å². The van der Waals surface area contributed by atoms with Gasteiger partial charge in [-0.3, -0.25) is 0 Å². The lowest BCUT2D eigenvalue weighted by Crippen LogP contribution is -2.37.